The standard InChI is InChI=1S/C15H12INO/c16-15-9-12-8-13(6-7-14(12)17-15)18-10-11-4-2-1-3-5-11/h1-9,17H,10H2. The van der Waals surface area contributed by atoms with Gasteiger partial charge < -0.3 is 9.72 Å². The summed E-state index contributed by atoms with van der Waals surface area (Å²) in [7, 11) is 0. The molecule has 3 heteroatoms. The summed E-state index contributed by atoms with van der Waals surface area (Å²) in [6, 6.07) is 18.4. The summed E-state index contributed by atoms with van der Waals surface area (Å²) in [5.41, 5.74) is 2.33. The minimum absolute atomic E-state index is 0.605. The molecule has 0 saturated carbocycles. The molecule has 3 aromatic rings. The van der Waals surface area contributed by atoms with E-state index in [1.807, 2.05) is 24.3 Å². The third kappa shape index (κ3) is 2.51. The number of nitrogens with one attached hydrogen (secondary N) is 1. The highest BCUT2D eigenvalue weighted by molar-refractivity contribution is 14.1. The van der Waals surface area contributed by atoms with Gasteiger partial charge in [-0.25, -0.2) is 0 Å². The molecule has 0 spiro atoms. The molecule has 0 fully saturated rings. The quantitative estimate of drug-likeness (QED) is 0.699. The van der Waals surface area contributed by atoms with Crippen molar-refractivity contribution < 1.29 is 4.74 Å². The Morgan fingerprint density at radius 1 is 1.00 bits per heavy atom. The van der Waals surface area contributed by atoms with Gasteiger partial charge in [0, 0.05) is 10.9 Å². The monoisotopic (exact) mass is 349 g/mol. The zero-order valence-corrected chi connectivity index (χ0v) is 11.8. The number of H-pyrrole nitrogens is 1. The summed E-state index contributed by atoms with van der Waals surface area (Å²) >= 11 is 2.28. The molecule has 1 N–H and O–H groups in total. The number of rotatable bonds is 3. The number of hydrogen-bond acceptors (Lipinski definition) is 1. The summed E-state index contributed by atoms with van der Waals surface area (Å²) < 4.78 is 6.93. The second kappa shape index (κ2) is 5.02. The van der Waals surface area contributed by atoms with E-state index in [-0.39, 0.29) is 0 Å². The first-order valence-corrected chi connectivity index (χ1v) is 6.84. The smallest absolute Gasteiger partial charge is 0.120 e. The molecule has 0 atom stereocenters. The Morgan fingerprint density at radius 2 is 1.83 bits per heavy atom. The molecule has 18 heavy (non-hydrogen) atoms. The maximum absolute atomic E-state index is 5.79. The molecule has 3 rings (SSSR count). The Kier molecular flexibility index (Phi) is 3.23. The van der Waals surface area contributed by atoms with Crippen LogP contribution in [-0.4, -0.2) is 4.98 Å². The number of hydrogen-bond donors (Lipinski definition) is 1. The Labute approximate surface area is 119 Å². The van der Waals surface area contributed by atoms with E-state index in [0.717, 1.165) is 15.0 Å². The summed E-state index contributed by atoms with van der Waals surface area (Å²) in [5, 5.41) is 1.19. The van der Waals surface area contributed by atoms with Crippen LogP contribution in [0.5, 0.6) is 5.75 Å². The van der Waals surface area contributed by atoms with Crippen molar-refractivity contribution in [3.05, 3.63) is 63.9 Å². The van der Waals surface area contributed by atoms with E-state index >= 15 is 0 Å². The lowest BCUT2D eigenvalue weighted by Crippen LogP contribution is -1.94. The van der Waals surface area contributed by atoms with Gasteiger partial charge in [0.05, 0.1) is 3.70 Å². The van der Waals surface area contributed by atoms with Crippen LogP contribution >= 0.6 is 22.6 Å². The van der Waals surface area contributed by atoms with Gasteiger partial charge in [0.15, 0.2) is 0 Å². The molecule has 1 aromatic heterocycles. The first-order chi connectivity index (χ1) is 8.81. The Balaban J connectivity index is 1.78. The van der Waals surface area contributed by atoms with E-state index in [9.17, 15) is 0 Å². The molecule has 90 valence electrons. The fraction of sp³-hybridized carbons (Fsp3) is 0.0667. The van der Waals surface area contributed by atoms with Crippen LogP contribution < -0.4 is 4.74 Å². The predicted molar refractivity (Wildman–Crippen MR) is 81.8 cm³/mol. The van der Waals surface area contributed by atoms with Crippen molar-refractivity contribution in [2.75, 3.05) is 0 Å². The average Bonchev–Trinajstić information content (AvgIpc) is 2.77. The maximum Gasteiger partial charge on any atom is 0.120 e. The van der Waals surface area contributed by atoms with Gasteiger partial charge in [-0.2, -0.15) is 0 Å². The Bertz CT molecular complexity index is 661. The zero-order chi connectivity index (χ0) is 12.4. The van der Waals surface area contributed by atoms with Crippen LogP contribution in [0.25, 0.3) is 10.9 Å². The molecule has 2 nitrogen and oxygen atoms in total. The van der Waals surface area contributed by atoms with Crippen molar-refractivity contribution in [3.63, 3.8) is 0 Å². The van der Waals surface area contributed by atoms with E-state index < -0.39 is 0 Å². The fourth-order valence-electron chi connectivity index (χ4n) is 1.91. The maximum atomic E-state index is 5.79. The third-order valence-corrected chi connectivity index (χ3v) is 3.39. The molecule has 0 aliphatic heterocycles. The highest BCUT2D eigenvalue weighted by Gasteiger charge is 2.01. The van der Waals surface area contributed by atoms with Gasteiger partial charge in [-0.3, -0.25) is 0 Å². The summed E-state index contributed by atoms with van der Waals surface area (Å²) in [5.74, 6) is 0.904. The van der Waals surface area contributed by atoms with E-state index in [1.54, 1.807) is 0 Å². The van der Waals surface area contributed by atoms with Gasteiger partial charge in [0.1, 0.15) is 12.4 Å². The minimum Gasteiger partial charge on any atom is -0.489 e. The highest BCUT2D eigenvalue weighted by atomic mass is 127. The molecule has 0 saturated heterocycles. The van der Waals surface area contributed by atoms with E-state index in [0.29, 0.717) is 6.61 Å². The van der Waals surface area contributed by atoms with E-state index in [1.165, 1.54) is 10.9 Å². The Hall–Kier alpha value is -1.49. The number of aromatic nitrogens is 1. The Morgan fingerprint density at radius 3 is 2.67 bits per heavy atom. The van der Waals surface area contributed by atoms with E-state index in [4.69, 9.17) is 4.74 Å². The summed E-state index contributed by atoms with van der Waals surface area (Å²) in [6.45, 7) is 0.605. The van der Waals surface area contributed by atoms with Crippen molar-refractivity contribution in [2.45, 2.75) is 6.61 Å². The molecular weight excluding hydrogens is 337 g/mol. The SMILES string of the molecule is Ic1cc2cc(OCc3ccccc3)ccc2[nH]1. The molecule has 0 aliphatic carbocycles. The lowest BCUT2D eigenvalue weighted by atomic mass is 10.2. The molecule has 0 radical (unpaired) electrons. The van der Waals surface area contributed by atoms with Crippen molar-refractivity contribution in [3.8, 4) is 5.75 Å². The molecular formula is C15H12INO. The molecule has 1 heterocycles. The second-order valence-electron chi connectivity index (χ2n) is 4.14. The summed E-state index contributed by atoms with van der Waals surface area (Å²) in [6.07, 6.45) is 0. The fourth-order valence-corrected chi connectivity index (χ4v) is 2.53. The topological polar surface area (TPSA) is 25.0 Å². The molecule has 0 bridgehead atoms. The van der Waals surface area contributed by atoms with Gasteiger partial charge in [-0.15, -0.1) is 0 Å². The van der Waals surface area contributed by atoms with Gasteiger partial charge in [-0.05, 0) is 52.4 Å². The van der Waals surface area contributed by atoms with Crippen LogP contribution in [0.3, 0.4) is 0 Å². The van der Waals surface area contributed by atoms with Crippen LogP contribution in [0.2, 0.25) is 0 Å². The number of benzene rings is 2. The first kappa shape index (κ1) is 11.6. The highest BCUT2D eigenvalue weighted by Crippen LogP contribution is 2.23. The molecule has 0 unspecified atom stereocenters. The average molecular weight is 349 g/mol. The number of aromatic amines is 1. The lowest BCUT2D eigenvalue weighted by Gasteiger charge is -2.06. The van der Waals surface area contributed by atoms with Gasteiger partial charge in [0.25, 0.3) is 0 Å². The lowest BCUT2D eigenvalue weighted by molar-refractivity contribution is 0.306. The second-order valence-corrected chi connectivity index (χ2v) is 5.30. The summed E-state index contributed by atoms with van der Waals surface area (Å²) in [4.78, 5) is 3.29. The zero-order valence-electron chi connectivity index (χ0n) is 9.69. The van der Waals surface area contributed by atoms with Crippen LogP contribution in [-0.2, 0) is 6.61 Å². The van der Waals surface area contributed by atoms with Gasteiger partial charge in [0.2, 0.25) is 0 Å². The third-order valence-electron chi connectivity index (χ3n) is 2.81. The normalized spacial score (nSPS) is 10.7. The van der Waals surface area contributed by atoms with Crippen molar-refractivity contribution >= 4 is 33.5 Å². The van der Waals surface area contributed by atoms with E-state index in [2.05, 4.69) is 57.9 Å². The van der Waals surface area contributed by atoms with Crippen molar-refractivity contribution in [1.29, 1.82) is 0 Å². The molecule has 0 aliphatic rings. The number of fused-ring (bicyclic) bond motifs is 1. The van der Waals surface area contributed by atoms with Crippen LogP contribution in [0, 0.1) is 3.70 Å². The minimum atomic E-state index is 0.605. The van der Waals surface area contributed by atoms with Gasteiger partial charge >= 0.3 is 0 Å². The molecule has 2 aromatic carbocycles. The number of halogens is 1. The van der Waals surface area contributed by atoms with Crippen LogP contribution in [0.4, 0.5) is 0 Å². The van der Waals surface area contributed by atoms with Crippen molar-refractivity contribution in [1.82, 2.24) is 4.98 Å². The van der Waals surface area contributed by atoms with Gasteiger partial charge in [-0.1, -0.05) is 30.3 Å². The van der Waals surface area contributed by atoms with Crippen LogP contribution in [0.1, 0.15) is 5.56 Å². The molecule has 0 amide bonds. The van der Waals surface area contributed by atoms with Crippen LogP contribution in [0.15, 0.2) is 54.6 Å². The van der Waals surface area contributed by atoms with Crippen molar-refractivity contribution in [2.24, 2.45) is 0 Å². The number of ether oxygens (including phenoxy) is 1. The predicted octanol–water partition coefficient (Wildman–Crippen LogP) is 4.35. The first-order valence-electron chi connectivity index (χ1n) is 5.76. The largest absolute Gasteiger partial charge is 0.489 e.